The molecule has 1 atom stereocenters. The molecule has 1 unspecified atom stereocenters. The van der Waals surface area contributed by atoms with E-state index >= 15 is 0 Å². The Bertz CT molecular complexity index is 517. The standard InChI is InChI=1S/C13H16ClN3/c1-9-4-5-12(6-10(9)2)7-17-8-13(11(3)14)15-16-17/h4-6,8,11H,7H2,1-3H3. The van der Waals surface area contributed by atoms with Gasteiger partial charge in [-0.3, -0.25) is 0 Å². The van der Waals surface area contributed by atoms with Crippen LogP contribution in [0.15, 0.2) is 24.4 Å². The minimum Gasteiger partial charge on any atom is -0.248 e. The Morgan fingerprint density at radius 1 is 1.29 bits per heavy atom. The first-order valence-electron chi connectivity index (χ1n) is 5.66. The summed E-state index contributed by atoms with van der Waals surface area (Å²) in [6.45, 7) is 6.86. The van der Waals surface area contributed by atoms with Gasteiger partial charge in [0.15, 0.2) is 0 Å². The van der Waals surface area contributed by atoms with Crippen molar-refractivity contribution in [1.29, 1.82) is 0 Å². The molecule has 90 valence electrons. The SMILES string of the molecule is Cc1ccc(Cn2cc(C(C)Cl)nn2)cc1C. The highest BCUT2D eigenvalue weighted by Gasteiger charge is 2.07. The average Bonchev–Trinajstić information content (AvgIpc) is 2.72. The predicted molar refractivity (Wildman–Crippen MR) is 69.3 cm³/mol. The molecule has 4 heteroatoms. The smallest absolute Gasteiger partial charge is 0.100 e. The second kappa shape index (κ2) is 4.88. The van der Waals surface area contributed by atoms with E-state index in [2.05, 4.69) is 42.4 Å². The fourth-order valence-corrected chi connectivity index (χ4v) is 1.76. The van der Waals surface area contributed by atoms with Crippen LogP contribution in [0.1, 0.15) is 34.7 Å². The van der Waals surface area contributed by atoms with Gasteiger partial charge < -0.3 is 0 Å². The minimum absolute atomic E-state index is 0.0940. The first-order chi connectivity index (χ1) is 8.06. The molecule has 0 aliphatic rings. The van der Waals surface area contributed by atoms with Crippen molar-refractivity contribution in [2.45, 2.75) is 32.7 Å². The number of hydrogen-bond acceptors (Lipinski definition) is 2. The second-order valence-electron chi connectivity index (χ2n) is 4.38. The quantitative estimate of drug-likeness (QED) is 0.782. The van der Waals surface area contributed by atoms with Gasteiger partial charge >= 0.3 is 0 Å². The Morgan fingerprint density at radius 3 is 2.65 bits per heavy atom. The molecule has 1 aromatic carbocycles. The molecule has 0 N–H and O–H groups in total. The summed E-state index contributed by atoms with van der Waals surface area (Å²) in [5, 5.41) is 8.01. The molecule has 0 saturated heterocycles. The van der Waals surface area contributed by atoms with E-state index in [1.54, 1.807) is 0 Å². The molecule has 0 fully saturated rings. The van der Waals surface area contributed by atoms with E-state index in [0.717, 1.165) is 12.2 Å². The Morgan fingerprint density at radius 2 is 2.06 bits per heavy atom. The zero-order valence-corrected chi connectivity index (χ0v) is 11.1. The lowest BCUT2D eigenvalue weighted by Crippen LogP contribution is -2.01. The van der Waals surface area contributed by atoms with Crippen LogP contribution in [0.4, 0.5) is 0 Å². The van der Waals surface area contributed by atoms with Gasteiger partial charge in [-0.2, -0.15) is 0 Å². The summed E-state index contributed by atoms with van der Waals surface area (Å²) in [5.74, 6) is 0. The fraction of sp³-hybridized carbons (Fsp3) is 0.385. The molecular weight excluding hydrogens is 234 g/mol. The van der Waals surface area contributed by atoms with Crippen LogP contribution in [0.5, 0.6) is 0 Å². The summed E-state index contributed by atoms with van der Waals surface area (Å²) < 4.78 is 1.82. The summed E-state index contributed by atoms with van der Waals surface area (Å²) in [6, 6.07) is 6.43. The van der Waals surface area contributed by atoms with Crippen molar-refractivity contribution in [2.75, 3.05) is 0 Å². The zero-order chi connectivity index (χ0) is 12.4. The van der Waals surface area contributed by atoms with Crippen molar-refractivity contribution >= 4 is 11.6 Å². The third-order valence-corrected chi connectivity index (χ3v) is 3.10. The maximum absolute atomic E-state index is 5.95. The van der Waals surface area contributed by atoms with E-state index in [1.165, 1.54) is 16.7 Å². The zero-order valence-electron chi connectivity index (χ0n) is 10.3. The van der Waals surface area contributed by atoms with Crippen LogP contribution in [0.3, 0.4) is 0 Å². The van der Waals surface area contributed by atoms with Gasteiger partial charge in [-0.15, -0.1) is 16.7 Å². The molecule has 2 aromatic rings. The molecule has 2 rings (SSSR count). The van der Waals surface area contributed by atoms with Crippen molar-refractivity contribution in [2.24, 2.45) is 0 Å². The summed E-state index contributed by atoms with van der Waals surface area (Å²) in [6.07, 6.45) is 1.90. The fourth-order valence-electron chi connectivity index (χ4n) is 1.66. The van der Waals surface area contributed by atoms with E-state index in [-0.39, 0.29) is 5.38 Å². The lowest BCUT2D eigenvalue weighted by molar-refractivity contribution is 0.649. The maximum atomic E-state index is 5.95. The van der Waals surface area contributed by atoms with E-state index in [4.69, 9.17) is 11.6 Å². The number of alkyl halides is 1. The molecule has 3 nitrogen and oxygen atoms in total. The van der Waals surface area contributed by atoms with Crippen LogP contribution in [-0.4, -0.2) is 15.0 Å². The van der Waals surface area contributed by atoms with Gasteiger partial charge in [0.1, 0.15) is 5.69 Å². The molecule has 0 spiro atoms. The number of benzene rings is 1. The van der Waals surface area contributed by atoms with Crippen LogP contribution in [0, 0.1) is 13.8 Å². The van der Waals surface area contributed by atoms with Gasteiger partial charge in [-0.1, -0.05) is 23.4 Å². The van der Waals surface area contributed by atoms with E-state index in [9.17, 15) is 0 Å². The second-order valence-corrected chi connectivity index (χ2v) is 5.03. The highest BCUT2D eigenvalue weighted by molar-refractivity contribution is 6.20. The van der Waals surface area contributed by atoms with Crippen LogP contribution in [0.2, 0.25) is 0 Å². The normalized spacial score (nSPS) is 12.7. The molecule has 0 saturated carbocycles. The third-order valence-electron chi connectivity index (χ3n) is 2.88. The summed E-state index contributed by atoms with van der Waals surface area (Å²) >= 11 is 5.95. The van der Waals surface area contributed by atoms with Crippen molar-refractivity contribution in [3.8, 4) is 0 Å². The molecule has 0 aliphatic heterocycles. The highest BCUT2D eigenvalue weighted by Crippen LogP contribution is 2.16. The van der Waals surface area contributed by atoms with E-state index in [1.807, 2.05) is 17.8 Å². The Kier molecular flexibility index (Phi) is 3.48. The third kappa shape index (κ3) is 2.86. The predicted octanol–water partition coefficient (Wildman–Crippen LogP) is 3.24. The number of hydrogen-bond donors (Lipinski definition) is 0. The van der Waals surface area contributed by atoms with Crippen LogP contribution in [0.25, 0.3) is 0 Å². The Balaban J connectivity index is 2.16. The molecular formula is C13H16ClN3. The van der Waals surface area contributed by atoms with Gasteiger partial charge in [-0.05, 0) is 37.5 Å². The van der Waals surface area contributed by atoms with Crippen LogP contribution >= 0.6 is 11.6 Å². The number of halogens is 1. The maximum Gasteiger partial charge on any atom is 0.100 e. The van der Waals surface area contributed by atoms with E-state index < -0.39 is 0 Å². The van der Waals surface area contributed by atoms with Crippen LogP contribution in [-0.2, 0) is 6.54 Å². The molecule has 0 aliphatic carbocycles. The molecule has 1 heterocycles. The number of rotatable bonds is 3. The van der Waals surface area contributed by atoms with Crippen molar-refractivity contribution < 1.29 is 0 Å². The van der Waals surface area contributed by atoms with Gasteiger partial charge in [0.2, 0.25) is 0 Å². The molecule has 17 heavy (non-hydrogen) atoms. The largest absolute Gasteiger partial charge is 0.248 e. The number of aryl methyl sites for hydroxylation is 2. The molecule has 0 radical (unpaired) electrons. The van der Waals surface area contributed by atoms with Crippen molar-refractivity contribution in [3.05, 3.63) is 46.8 Å². The highest BCUT2D eigenvalue weighted by atomic mass is 35.5. The first-order valence-corrected chi connectivity index (χ1v) is 6.10. The van der Waals surface area contributed by atoms with Gasteiger partial charge in [-0.25, -0.2) is 4.68 Å². The lowest BCUT2D eigenvalue weighted by atomic mass is 10.1. The number of nitrogens with zero attached hydrogens (tertiary/aromatic N) is 3. The van der Waals surface area contributed by atoms with E-state index in [0.29, 0.717) is 0 Å². The molecule has 0 amide bonds. The summed E-state index contributed by atoms with van der Waals surface area (Å²) in [5.41, 5.74) is 4.65. The van der Waals surface area contributed by atoms with Gasteiger partial charge in [0, 0.05) is 0 Å². The van der Waals surface area contributed by atoms with Crippen molar-refractivity contribution in [1.82, 2.24) is 15.0 Å². The lowest BCUT2D eigenvalue weighted by Gasteiger charge is -2.04. The van der Waals surface area contributed by atoms with Gasteiger partial charge in [0.05, 0.1) is 18.1 Å². The topological polar surface area (TPSA) is 30.7 Å². The average molecular weight is 250 g/mol. The first kappa shape index (κ1) is 12.1. The Labute approximate surface area is 106 Å². The van der Waals surface area contributed by atoms with Crippen LogP contribution < -0.4 is 0 Å². The van der Waals surface area contributed by atoms with Gasteiger partial charge in [0.25, 0.3) is 0 Å². The minimum atomic E-state index is -0.0940. The number of aromatic nitrogens is 3. The summed E-state index contributed by atoms with van der Waals surface area (Å²) in [4.78, 5) is 0. The Hall–Kier alpha value is -1.35. The van der Waals surface area contributed by atoms with Crippen molar-refractivity contribution in [3.63, 3.8) is 0 Å². The summed E-state index contributed by atoms with van der Waals surface area (Å²) in [7, 11) is 0. The monoisotopic (exact) mass is 249 g/mol. The molecule has 0 bridgehead atoms. The molecule has 1 aromatic heterocycles.